The highest BCUT2D eigenvalue weighted by Crippen LogP contribution is 2.21. The summed E-state index contributed by atoms with van der Waals surface area (Å²) in [5.74, 6) is -0.0411. The highest BCUT2D eigenvalue weighted by Gasteiger charge is 2.05. The SMILES string of the molecule is CC(=O)c1cccc(NC(=O)Nc2ccc(-c3ccccc3)cc2)c1. The number of ketones is 1. The van der Waals surface area contributed by atoms with Gasteiger partial charge in [0.1, 0.15) is 0 Å². The Hall–Kier alpha value is -3.40. The predicted octanol–water partition coefficient (Wildman–Crippen LogP) is 5.20. The average Bonchev–Trinajstić information content (AvgIpc) is 2.63. The Kier molecular flexibility index (Phi) is 4.90. The van der Waals surface area contributed by atoms with Crippen molar-refractivity contribution in [3.05, 3.63) is 84.4 Å². The van der Waals surface area contributed by atoms with Gasteiger partial charge in [-0.05, 0) is 42.3 Å². The summed E-state index contributed by atoms with van der Waals surface area (Å²) < 4.78 is 0. The molecule has 2 amide bonds. The van der Waals surface area contributed by atoms with E-state index in [1.165, 1.54) is 6.92 Å². The van der Waals surface area contributed by atoms with E-state index in [0.29, 0.717) is 16.9 Å². The van der Waals surface area contributed by atoms with Gasteiger partial charge in [0.25, 0.3) is 0 Å². The molecule has 0 spiro atoms. The lowest BCUT2D eigenvalue weighted by Gasteiger charge is -2.09. The van der Waals surface area contributed by atoms with Crippen LogP contribution in [0.1, 0.15) is 17.3 Å². The normalized spacial score (nSPS) is 10.1. The van der Waals surface area contributed by atoms with Crippen molar-refractivity contribution < 1.29 is 9.59 Å². The summed E-state index contributed by atoms with van der Waals surface area (Å²) in [4.78, 5) is 23.5. The Morgan fingerprint density at radius 2 is 1.32 bits per heavy atom. The Labute approximate surface area is 146 Å². The van der Waals surface area contributed by atoms with E-state index in [1.54, 1.807) is 24.3 Å². The number of nitrogens with one attached hydrogen (secondary N) is 2. The van der Waals surface area contributed by atoms with Crippen molar-refractivity contribution in [2.24, 2.45) is 0 Å². The van der Waals surface area contributed by atoms with Crippen molar-refractivity contribution in [3.63, 3.8) is 0 Å². The second kappa shape index (κ2) is 7.45. The van der Waals surface area contributed by atoms with Crippen LogP contribution in [0, 0.1) is 0 Å². The van der Waals surface area contributed by atoms with E-state index in [4.69, 9.17) is 0 Å². The van der Waals surface area contributed by atoms with Crippen molar-refractivity contribution in [1.29, 1.82) is 0 Å². The smallest absolute Gasteiger partial charge is 0.308 e. The first-order chi connectivity index (χ1) is 12.1. The zero-order chi connectivity index (χ0) is 17.6. The minimum Gasteiger partial charge on any atom is -0.308 e. The van der Waals surface area contributed by atoms with Gasteiger partial charge in [-0.15, -0.1) is 0 Å². The van der Waals surface area contributed by atoms with Crippen LogP contribution in [-0.2, 0) is 0 Å². The first-order valence-corrected chi connectivity index (χ1v) is 7.96. The van der Waals surface area contributed by atoms with Gasteiger partial charge in [-0.3, -0.25) is 4.79 Å². The first-order valence-electron chi connectivity index (χ1n) is 7.96. The van der Waals surface area contributed by atoms with Gasteiger partial charge in [0.05, 0.1) is 0 Å². The largest absolute Gasteiger partial charge is 0.323 e. The number of urea groups is 1. The number of Topliss-reactive ketones (excluding diaryl/α,β-unsaturated/α-hetero) is 1. The quantitative estimate of drug-likeness (QED) is 0.646. The van der Waals surface area contributed by atoms with Crippen molar-refractivity contribution in [3.8, 4) is 11.1 Å². The monoisotopic (exact) mass is 330 g/mol. The van der Waals surface area contributed by atoms with Crippen molar-refractivity contribution in [2.75, 3.05) is 10.6 Å². The molecule has 0 heterocycles. The van der Waals surface area contributed by atoms with E-state index in [0.717, 1.165) is 11.1 Å². The van der Waals surface area contributed by atoms with Crippen LogP contribution in [-0.4, -0.2) is 11.8 Å². The molecule has 0 atom stereocenters. The van der Waals surface area contributed by atoms with Crippen LogP contribution in [0.5, 0.6) is 0 Å². The highest BCUT2D eigenvalue weighted by atomic mass is 16.2. The van der Waals surface area contributed by atoms with E-state index in [2.05, 4.69) is 10.6 Å². The van der Waals surface area contributed by atoms with Crippen LogP contribution in [0.2, 0.25) is 0 Å². The van der Waals surface area contributed by atoms with E-state index in [1.807, 2.05) is 54.6 Å². The van der Waals surface area contributed by atoms with Crippen LogP contribution in [0.3, 0.4) is 0 Å². The standard InChI is InChI=1S/C21H18N2O2/c1-15(24)18-8-5-9-20(14-18)23-21(25)22-19-12-10-17(11-13-19)16-6-3-2-4-7-16/h2-14H,1H3,(H2,22,23,25). The number of carbonyl (C=O) groups excluding carboxylic acids is 2. The molecule has 0 radical (unpaired) electrons. The fraction of sp³-hybridized carbons (Fsp3) is 0.0476. The minimum absolute atomic E-state index is 0.0411. The Balaban J connectivity index is 1.65. The summed E-state index contributed by atoms with van der Waals surface area (Å²) in [5, 5.41) is 5.51. The third-order valence-corrected chi connectivity index (χ3v) is 3.78. The lowest BCUT2D eigenvalue weighted by molar-refractivity contribution is 0.101. The van der Waals surface area contributed by atoms with Crippen molar-refractivity contribution >= 4 is 23.2 Å². The second-order valence-corrected chi connectivity index (χ2v) is 5.66. The van der Waals surface area contributed by atoms with E-state index >= 15 is 0 Å². The van der Waals surface area contributed by atoms with E-state index in [9.17, 15) is 9.59 Å². The predicted molar refractivity (Wildman–Crippen MR) is 101 cm³/mol. The zero-order valence-corrected chi connectivity index (χ0v) is 13.8. The van der Waals surface area contributed by atoms with Gasteiger partial charge in [0.15, 0.2) is 5.78 Å². The van der Waals surface area contributed by atoms with Gasteiger partial charge >= 0.3 is 6.03 Å². The molecular formula is C21H18N2O2. The molecule has 4 nitrogen and oxygen atoms in total. The van der Waals surface area contributed by atoms with Crippen LogP contribution >= 0.6 is 0 Å². The number of anilines is 2. The molecule has 124 valence electrons. The molecule has 3 aromatic rings. The molecule has 0 aromatic heterocycles. The maximum Gasteiger partial charge on any atom is 0.323 e. The zero-order valence-electron chi connectivity index (χ0n) is 13.8. The van der Waals surface area contributed by atoms with E-state index in [-0.39, 0.29) is 11.8 Å². The molecule has 0 saturated heterocycles. The molecule has 25 heavy (non-hydrogen) atoms. The minimum atomic E-state index is -0.354. The molecule has 0 aliphatic carbocycles. The van der Waals surface area contributed by atoms with Crippen molar-refractivity contribution in [2.45, 2.75) is 6.92 Å². The molecule has 0 fully saturated rings. The summed E-state index contributed by atoms with van der Waals surface area (Å²) >= 11 is 0. The maximum absolute atomic E-state index is 12.1. The third-order valence-electron chi connectivity index (χ3n) is 3.78. The van der Waals surface area contributed by atoms with Gasteiger partial charge in [-0.2, -0.15) is 0 Å². The Morgan fingerprint density at radius 3 is 2.00 bits per heavy atom. The summed E-state index contributed by atoms with van der Waals surface area (Å²) in [6.07, 6.45) is 0. The van der Waals surface area contributed by atoms with Crippen LogP contribution in [0.25, 0.3) is 11.1 Å². The second-order valence-electron chi connectivity index (χ2n) is 5.66. The number of hydrogen-bond donors (Lipinski definition) is 2. The molecule has 0 aliphatic rings. The highest BCUT2D eigenvalue weighted by molar-refractivity contribution is 6.01. The third kappa shape index (κ3) is 4.32. The fourth-order valence-electron chi connectivity index (χ4n) is 2.49. The summed E-state index contributed by atoms with van der Waals surface area (Å²) in [6, 6.07) is 24.2. The average molecular weight is 330 g/mol. The molecule has 3 aromatic carbocycles. The van der Waals surface area contributed by atoms with Crippen LogP contribution < -0.4 is 10.6 Å². The molecular weight excluding hydrogens is 312 g/mol. The Bertz CT molecular complexity index is 887. The lowest BCUT2D eigenvalue weighted by Crippen LogP contribution is -2.19. The topological polar surface area (TPSA) is 58.2 Å². The first kappa shape index (κ1) is 16.5. The van der Waals surface area contributed by atoms with Gasteiger partial charge in [-0.25, -0.2) is 4.79 Å². The molecule has 2 N–H and O–H groups in total. The van der Waals surface area contributed by atoms with Gasteiger partial charge in [0.2, 0.25) is 0 Å². The summed E-state index contributed by atoms with van der Waals surface area (Å²) in [5.41, 5.74) is 4.04. The van der Waals surface area contributed by atoms with Gasteiger partial charge in [-0.1, -0.05) is 54.6 Å². The molecule has 3 rings (SSSR count). The van der Waals surface area contributed by atoms with Crippen molar-refractivity contribution in [1.82, 2.24) is 0 Å². The number of benzene rings is 3. The molecule has 0 bridgehead atoms. The number of amides is 2. The molecule has 4 heteroatoms. The summed E-state index contributed by atoms with van der Waals surface area (Å²) in [7, 11) is 0. The number of hydrogen-bond acceptors (Lipinski definition) is 2. The fourth-order valence-corrected chi connectivity index (χ4v) is 2.49. The molecule has 0 aliphatic heterocycles. The van der Waals surface area contributed by atoms with E-state index < -0.39 is 0 Å². The number of rotatable bonds is 4. The van der Waals surface area contributed by atoms with Crippen LogP contribution in [0.4, 0.5) is 16.2 Å². The molecule has 0 saturated carbocycles. The summed E-state index contributed by atoms with van der Waals surface area (Å²) in [6.45, 7) is 1.49. The molecule has 0 unspecified atom stereocenters. The van der Waals surface area contributed by atoms with Gasteiger partial charge in [0, 0.05) is 16.9 Å². The van der Waals surface area contributed by atoms with Crippen LogP contribution in [0.15, 0.2) is 78.9 Å². The Morgan fingerprint density at radius 1 is 0.680 bits per heavy atom. The maximum atomic E-state index is 12.1. The van der Waals surface area contributed by atoms with Gasteiger partial charge < -0.3 is 10.6 Å². The number of carbonyl (C=O) groups is 2. The lowest BCUT2D eigenvalue weighted by atomic mass is 10.1.